The van der Waals surface area contributed by atoms with Crippen LogP contribution in [0.5, 0.6) is 0 Å². The highest BCUT2D eigenvalue weighted by Crippen LogP contribution is 2.17. The first-order valence-electron chi connectivity index (χ1n) is 5.05. The van der Waals surface area contributed by atoms with Crippen LogP contribution in [0.2, 0.25) is 0 Å². The van der Waals surface area contributed by atoms with Gasteiger partial charge in [0.15, 0.2) is 6.61 Å². The van der Waals surface area contributed by atoms with Gasteiger partial charge in [0, 0.05) is 18.5 Å². The van der Waals surface area contributed by atoms with Crippen LogP contribution in [-0.4, -0.2) is 16.7 Å². The summed E-state index contributed by atoms with van der Waals surface area (Å²) in [7, 11) is 0. The van der Waals surface area contributed by atoms with Gasteiger partial charge in [-0.05, 0) is 24.3 Å². The van der Waals surface area contributed by atoms with Crippen LogP contribution in [0.15, 0.2) is 41.7 Å². The lowest BCUT2D eigenvalue weighted by molar-refractivity contribution is 0.130. The molecule has 0 saturated heterocycles. The largest absolute Gasteiger partial charge is 0.390 e. The normalized spacial score (nSPS) is 9.88. The van der Waals surface area contributed by atoms with E-state index < -0.39 is 0 Å². The summed E-state index contributed by atoms with van der Waals surface area (Å²) in [4.78, 5) is 13.3. The van der Waals surface area contributed by atoms with Gasteiger partial charge in [-0.3, -0.25) is 0 Å². The number of aromatic nitrogens is 2. The van der Waals surface area contributed by atoms with Gasteiger partial charge in [-0.1, -0.05) is 6.07 Å². The van der Waals surface area contributed by atoms with E-state index >= 15 is 0 Å². The Balaban J connectivity index is 2.26. The smallest absolute Gasteiger partial charge is 0.159 e. The molecule has 0 unspecified atom stereocenters. The zero-order valence-corrected chi connectivity index (χ0v) is 9.21. The van der Waals surface area contributed by atoms with Crippen LogP contribution < -0.4 is 5.73 Å². The van der Waals surface area contributed by atoms with Crippen molar-refractivity contribution in [2.45, 2.75) is 6.61 Å². The molecule has 17 heavy (non-hydrogen) atoms. The molecular formula is C12H12N4O. The van der Waals surface area contributed by atoms with Gasteiger partial charge < -0.3 is 10.6 Å². The SMILES string of the molecule is C=NOCc1cccc(-c2ccc(N)nc2)n1. The van der Waals surface area contributed by atoms with E-state index in [-0.39, 0.29) is 0 Å². The fraction of sp³-hybridized carbons (Fsp3) is 0.0833. The van der Waals surface area contributed by atoms with Gasteiger partial charge in [0.05, 0.1) is 11.4 Å². The van der Waals surface area contributed by atoms with Gasteiger partial charge in [-0.25, -0.2) is 9.97 Å². The first-order chi connectivity index (χ1) is 8.29. The summed E-state index contributed by atoms with van der Waals surface area (Å²) in [5.74, 6) is 0.490. The first kappa shape index (κ1) is 11.1. The summed E-state index contributed by atoms with van der Waals surface area (Å²) < 4.78 is 0. The van der Waals surface area contributed by atoms with E-state index in [0.29, 0.717) is 12.4 Å². The molecular weight excluding hydrogens is 216 g/mol. The van der Waals surface area contributed by atoms with Crippen molar-refractivity contribution in [1.82, 2.24) is 9.97 Å². The van der Waals surface area contributed by atoms with Gasteiger partial charge in [0.1, 0.15) is 5.82 Å². The van der Waals surface area contributed by atoms with Crippen LogP contribution in [0.4, 0.5) is 5.82 Å². The molecule has 5 heteroatoms. The molecule has 0 aliphatic rings. The number of nitrogens with two attached hydrogens (primary N) is 1. The molecule has 0 aliphatic carbocycles. The molecule has 0 atom stereocenters. The van der Waals surface area contributed by atoms with Gasteiger partial charge in [-0.2, -0.15) is 0 Å². The topological polar surface area (TPSA) is 73.4 Å². The van der Waals surface area contributed by atoms with Crippen molar-refractivity contribution in [1.29, 1.82) is 0 Å². The van der Waals surface area contributed by atoms with E-state index in [1.165, 1.54) is 0 Å². The molecule has 2 N–H and O–H groups in total. The highest BCUT2D eigenvalue weighted by molar-refractivity contribution is 5.59. The van der Waals surface area contributed by atoms with E-state index in [0.717, 1.165) is 17.0 Å². The Morgan fingerprint density at radius 1 is 1.29 bits per heavy atom. The Labute approximate surface area is 99.0 Å². The Hall–Kier alpha value is -2.43. The number of hydrogen-bond donors (Lipinski definition) is 1. The third-order valence-electron chi connectivity index (χ3n) is 2.19. The van der Waals surface area contributed by atoms with E-state index in [1.807, 2.05) is 24.3 Å². The molecule has 0 aliphatic heterocycles. The number of nitrogens with zero attached hydrogens (tertiary/aromatic N) is 3. The quantitative estimate of drug-likeness (QED) is 0.640. The maximum atomic E-state index is 5.53. The molecule has 2 aromatic heterocycles. The second kappa shape index (κ2) is 5.07. The highest BCUT2D eigenvalue weighted by atomic mass is 16.6. The molecule has 2 rings (SSSR count). The molecule has 0 saturated carbocycles. The number of oxime groups is 1. The van der Waals surface area contributed by atoms with E-state index in [2.05, 4.69) is 21.8 Å². The van der Waals surface area contributed by atoms with Crippen LogP contribution in [0.1, 0.15) is 5.69 Å². The first-order valence-corrected chi connectivity index (χ1v) is 5.05. The predicted molar refractivity (Wildman–Crippen MR) is 66.2 cm³/mol. The third kappa shape index (κ3) is 2.78. The third-order valence-corrected chi connectivity index (χ3v) is 2.19. The number of pyridine rings is 2. The second-order valence-corrected chi connectivity index (χ2v) is 3.39. The Morgan fingerprint density at radius 2 is 2.18 bits per heavy atom. The fourth-order valence-corrected chi connectivity index (χ4v) is 1.39. The summed E-state index contributed by atoms with van der Waals surface area (Å²) >= 11 is 0. The summed E-state index contributed by atoms with van der Waals surface area (Å²) in [6.45, 7) is 3.55. The molecule has 0 spiro atoms. The summed E-state index contributed by atoms with van der Waals surface area (Å²) in [5.41, 5.74) is 8.05. The molecule has 0 radical (unpaired) electrons. The lowest BCUT2D eigenvalue weighted by atomic mass is 10.2. The van der Waals surface area contributed by atoms with Crippen LogP contribution in [0.25, 0.3) is 11.3 Å². The van der Waals surface area contributed by atoms with Crippen LogP contribution in [0, 0.1) is 0 Å². The standard InChI is InChI=1S/C12H12N4O/c1-14-17-8-10-3-2-4-11(16-10)9-5-6-12(13)15-7-9/h2-7H,1,8H2,(H2,13,15). The van der Waals surface area contributed by atoms with Crippen molar-refractivity contribution in [3.63, 3.8) is 0 Å². The Morgan fingerprint density at radius 3 is 2.88 bits per heavy atom. The van der Waals surface area contributed by atoms with Gasteiger partial charge in [0.25, 0.3) is 0 Å². The van der Waals surface area contributed by atoms with Crippen molar-refractivity contribution >= 4 is 12.5 Å². The fourth-order valence-electron chi connectivity index (χ4n) is 1.39. The minimum Gasteiger partial charge on any atom is -0.390 e. The van der Waals surface area contributed by atoms with Gasteiger partial charge >= 0.3 is 0 Å². The molecule has 0 aromatic carbocycles. The van der Waals surface area contributed by atoms with Crippen LogP contribution in [-0.2, 0) is 11.4 Å². The van der Waals surface area contributed by atoms with Crippen LogP contribution >= 0.6 is 0 Å². The van der Waals surface area contributed by atoms with E-state index in [1.54, 1.807) is 12.3 Å². The van der Waals surface area contributed by atoms with Crippen molar-refractivity contribution in [2.75, 3.05) is 5.73 Å². The molecule has 5 nitrogen and oxygen atoms in total. The van der Waals surface area contributed by atoms with Crippen molar-refractivity contribution in [3.05, 3.63) is 42.2 Å². The number of rotatable bonds is 4. The van der Waals surface area contributed by atoms with Crippen molar-refractivity contribution in [3.8, 4) is 11.3 Å². The summed E-state index contributed by atoms with van der Waals surface area (Å²) in [5, 5.41) is 3.33. The average molecular weight is 228 g/mol. The minimum atomic E-state index is 0.305. The number of nitrogen functional groups attached to an aromatic ring is 1. The second-order valence-electron chi connectivity index (χ2n) is 3.39. The Kier molecular flexibility index (Phi) is 3.30. The number of hydrogen-bond acceptors (Lipinski definition) is 5. The Bertz CT molecular complexity index is 510. The molecule has 86 valence electrons. The molecule has 0 amide bonds. The zero-order chi connectivity index (χ0) is 12.1. The van der Waals surface area contributed by atoms with Crippen molar-refractivity contribution in [2.24, 2.45) is 5.16 Å². The lowest BCUT2D eigenvalue weighted by Crippen LogP contribution is -1.94. The van der Waals surface area contributed by atoms with Crippen LogP contribution in [0.3, 0.4) is 0 Å². The number of anilines is 1. The monoisotopic (exact) mass is 228 g/mol. The summed E-state index contributed by atoms with van der Waals surface area (Å²) in [6.07, 6.45) is 1.69. The van der Waals surface area contributed by atoms with E-state index in [4.69, 9.17) is 10.6 Å². The van der Waals surface area contributed by atoms with Gasteiger partial charge in [-0.15, -0.1) is 5.16 Å². The maximum absolute atomic E-state index is 5.53. The summed E-state index contributed by atoms with van der Waals surface area (Å²) in [6, 6.07) is 9.28. The van der Waals surface area contributed by atoms with Gasteiger partial charge in [0.2, 0.25) is 0 Å². The van der Waals surface area contributed by atoms with E-state index in [9.17, 15) is 0 Å². The lowest BCUT2D eigenvalue weighted by Gasteiger charge is -2.03. The minimum absolute atomic E-state index is 0.305. The molecule has 2 aromatic rings. The van der Waals surface area contributed by atoms with Crippen molar-refractivity contribution < 1.29 is 4.84 Å². The zero-order valence-electron chi connectivity index (χ0n) is 9.21. The highest BCUT2D eigenvalue weighted by Gasteiger charge is 2.01. The molecule has 0 fully saturated rings. The predicted octanol–water partition coefficient (Wildman–Crippen LogP) is 1.86. The molecule has 0 bridgehead atoms. The average Bonchev–Trinajstić information content (AvgIpc) is 2.37. The maximum Gasteiger partial charge on any atom is 0.159 e. The molecule has 2 heterocycles.